The molecule has 5 aliphatic heterocycles. The van der Waals surface area contributed by atoms with E-state index in [2.05, 4.69) is 0 Å². The Bertz CT molecular complexity index is 6060. The first-order valence-electron chi connectivity index (χ1n) is 34.0. The van der Waals surface area contributed by atoms with Gasteiger partial charge in [-0.1, -0.05) is 151 Å². The summed E-state index contributed by atoms with van der Waals surface area (Å²) in [5, 5.41) is 12.3. The number of thiocarbonyl (C=S) groups is 3. The summed E-state index contributed by atoms with van der Waals surface area (Å²) in [7, 11) is 0. The number of aliphatic hydroxyl groups is 1. The first-order chi connectivity index (χ1) is 54.9. The Hall–Kier alpha value is -12.3. The van der Waals surface area contributed by atoms with Gasteiger partial charge in [-0.2, -0.15) is 0 Å². The number of imide groups is 1. The molecular weight excluding hydrogens is 1610 g/mol. The summed E-state index contributed by atoms with van der Waals surface area (Å²) in [6, 6.07) is 49.6. The second-order valence-electron chi connectivity index (χ2n) is 25.8. The van der Waals surface area contributed by atoms with Crippen LogP contribution in [0, 0.1) is 23.3 Å². The Morgan fingerprint density at radius 3 is 1.12 bits per heavy atom. The van der Waals surface area contributed by atoms with Crippen LogP contribution in [-0.4, -0.2) is 83.0 Å². The van der Waals surface area contributed by atoms with Crippen molar-refractivity contribution in [2.45, 2.75) is 17.9 Å². The molecule has 0 radical (unpaired) electrons. The largest absolute Gasteiger partial charge is 0.486 e. The molecule has 0 spiro atoms. The number of anilines is 4. The van der Waals surface area contributed by atoms with Crippen LogP contribution >= 0.6 is 83.7 Å². The van der Waals surface area contributed by atoms with E-state index in [4.69, 9.17) is 60.3 Å². The van der Waals surface area contributed by atoms with Gasteiger partial charge in [0.1, 0.15) is 35.5 Å². The van der Waals surface area contributed by atoms with Gasteiger partial charge >= 0.3 is 23.9 Å². The Morgan fingerprint density at radius 2 is 0.737 bits per heavy atom. The topological polar surface area (TPSA) is 233 Å². The highest BCUT2D eigenvalue weighted by molar-refractivity contribution is 8.28. The van der Waals surface area contributed by atoms with Gasteiger partial charge in [-0.15, -0.1) is 0 Å². The van der Waals surface area contributed by atoms with E-state index < -0.39 is 111 Å². The molecule has 4 fully saturated rings. The standard InChI is InChI=1S/C84H46F4N4O15S7/c85-52-21-13-43(14-22-52)31-65-72(93)89(80(101)111-65)56-9-1-8-50(35-56)79(100)107-71-62(104-76(97)47-5-2-10-57(36-47)90-73(94)66(112-81(90)108)32-44-15-23-53(86)24-16-44)30-29-60-69-61-40-64(106-78(99)49-7-4-12-59(38-49)92-75(96)68(114-83(92)110)34-46-19-27-55(88)28-20-46)63(39-51(61)41-84(69,102)42-103-70(60)71)105-77(98)48-6-3-11-58(37-48)91-74(95)67(113-82(91)109)33-45-17-25-54(87)26-18-45/h1-40,69,102H,41-42H2/b65-31-,66-32-,67-33-,68-34-/t69-,84+/m0/s1. The number of esters is 4. The predicted octanol–water partition coefficient (Wildman–Crippen LogP) is 17.4. The summed E-state index contributed by atoms with van der Waals surface area (Å²) in [5.41, 5.74) is 0.528. The van der Waals surface area contributed by atoms with E-state index >= 15 is 0 Å². The fourth-order valence-corrected chi connectivity index (χ4v) is 17.9. The highest BCUT2D eigenvalue weighted by atomic mass is 32.2. The maximum Gasteiger partial charge on any atom is 0.343 e. The van der Waals surface area contributed by atoms with E-state index in [1.165, 1.54) is 245 Å². The molecule has 0 aromatic heterocycles. The second kappa shape index (κ2) is 31.0. The maximum absolute atomic E-state index is 14.9. The monoisotopic (exact) mass is 1650 g/mol. The lowest BCUT2D eigenvalue weighted by molar-refractivity contribution is -0.114. The zero-order valence-electron chi connectivity index (χ0n) is 57.9. The summed E-state index contributed by atoms with van der Waals surface area (Å²) in [6.45, 7) is -0.584. The molecule has 30 heteroatoms. The SMILES string of the molecule is O=C(Oc1cc2c(cc1OC(=O)c1cccc(N3C(=O)/C(=C/c4ccc(F)cc4)SC3=S)c1)[C@@H]1c3ccc(OC(=O)c4cccc(N5C(=O)/C(=C/c6ccc(F)cc6)SC5=S)c4)c(OC(=O)c4cccc(N5C(=O)S/C(=C\c6ccc(F)cc6)C5=O)c4)c3OC[C@]1(O)C2)c1cccc(N2C(=O)/C(=C/c3ccc(F)cc3)SC2=S)c1. The summed E-state index contributed by atoms with van der Waals surface area (Å²) in [5.74, 6) is -11.8. The number of ether oxygens (including phenoxy) is 5. The molecule has 0 saturated carbocycles. The van der Waals surface area contributed by atoms with Crippen molar-refractivity contribution >= 4 is 196 Å². The minimum absolute atomic E-state index is 0.00374. The predicted molar refractivity (Wildman–Crippen MR) is 435 cm³/mol. The van der Waals surface area contributed by atoms with Crippen LogP contribution in [0.2, 0.25) is 0 Å². The van der Waals surface area contributed by atoms with Crippen LogP contribution in [-0.2, 0) is 25.6 Å². The smallest absolute Gasteiger partial charge is 0.343 e. The first-order valence-corrected chi connectivity index (χ1v) is 38.5. The van der Waals surface area contributed by atoms with Gasteiger partial charge in [0.15, 0.2) is 36.0 Å². The van der Waals surface area contributed by atoms with Crippen molar-refractivity contribution in [1.82, 2.24) is 0 Å². The molecule has 114 heavy (non-hydrogen) atoms. The zero-order valence-corrected chi connectivity index (χ0v) is 63.6. The van der Waals surface area contributed by atoms with Gasteiger partial charge in [-0.3, -0.25) is 38.7 Å². The molecule has 6 aliphatic rings. The Labute approximate surface area is 676 Å². The molecule has 2 atom stereocenters. The van der Waals surface area contributed by atoms with Crippen molar-refractivity contribution in [3.05, 3.63) is 322 Å². The highest BCUT2D eigenvalue weighted by Crippen LogP contribution is 2.57. The molecule has 1 aliphatic carbocycles. The molecule has 0 unspecified atom stereocenters. The maximum atomic E-state index is 14.9. The van der Waals surface area contributed by atoms with Crippen LogP contribution in [0.3, 0.4) is 0 Å². The summed E-state index contributed by atoms with van der Waals surface area (Å²) in [4.78, 5) is 134. The molecule has 5 amide bonds. The first kappa shape index (κ1) is 75.8. The summed E-state index contributed by atoms with van der Waals surface area (Å²) < 4.78 is 86.9. The van der Waals surface area contributed by atoms with E-state index in [1.807, 2.05) is 0 Å². The molecule has 10 aromatic carbocycles. The molecule has 4 saturated heterocycles. The highest BCUT2D eigenvalue weighted by Gasteiger charge is 2.52. The normalized spacial score (nSPS) is 18.5. The third-order valence-electron chi connectivity index (χ3n) is 18.4. The lowest BCUT2D eigenvalue weighted by atomic mass is 9.80. The van der Waals surface area contributed by atoms with E-state index in [0.29, 0.717) is 39.6 Å². The van der Waals surface area contributed by atoms with E-state index in [-0.39, 0.29) is 107 Å². The Morgan fingerprint density at radius 1 is 0.404 bits per heavy atom. The third-order valence-corrected chi connectivity index (χ3v) is 23.2. The number of thioether (sulfide) groups is 4. The Kier molecular flexibility index (Phi) is 20.6. The fourth-order valence-electron chi connectivity index (χ4n) is 13.1. The van der Waals surface area contributed by atoms with Crippen LogP contribution in [0.5, 0.6) is 28.7 Å². The van der Waals surface area contributed by atoms with Gasteiger partial charge in [0.05, 0.1) is 64.6 Å². The van der Waals surface area contributed by atoms with Crippen molar-refractivity contribution in [2.24, 2.45) is 0 Å². The van der Waals surface area contributed by atoms with Gasteiger partial charge in [0, 0.05) is 17.9 Å². The number of hydrogen-bond donors (Lipinski definition) is 1. The van der Waals surface area contributed by atoms with E-state index in [0.717, 1.165) is 40.2 Å². The van der Waals surface area contributed by atoms with E-state index in [1.54, 1.807) is 12.2 Å². The number of nitrogens with zero attached hydrogens (tertiary/aromatic N) is 4. The van der Waals surface area contributed by atoms with Crippen molar-refractivity contribution in [3.63, 3.8) is 0 Å². The van der Waals surface area contributed by atoms with Crippen LogP contribution in [0.1, 0.15) is 86.3 Å². The van der Waals surface area contributed by atoms with Crippen LogP contribution in [0.15, 0.2) is 238 Å². The van der Waals surface area contributed by atoms with Crippen molar-refractivity contribution < 1.29 is 89.5 Å². The zero-order chi connectivity index (χ0) is 79.5. The molecule has 1 N–H and O–H groups in total. The summed E-state index contributed by atoms with van der Waals surface area (Å²) in [6.07, 6.45) is 5.79. The minimum Gasteiger partial charge on any atom is -0.486 e. The minimum atomic E-state index is -1.92. The average molecular weight is 1650 g/mol. The van der Waals surface area contributed by atoms with Crippen LogP contribution in [0.25, 0.3) is 24.3 Å². The number of fused-ring (bicyclic) bond motifs is 5. The molecular formula is C84H46F4N4O15S7. The molecule has 5 heterocycles. The lowest BCUT2D eigenvalue weighted by Crippen LogP contribution is -2.44. The molecule has 562 valence electrons. The fraction of sp³-hybridized carbons (Fsp3) is 0.0476. The number of carbonyl (C=O) groups is 9. The van der Waals surface area contributed by atoms with Gasteiger partial charge in [0.25, 0.3) is 28.9 Å². The van der Waals surface area contributed by atoms with Gasteiger partial charge in [-0.25, -0.2) is 41.6 Å². The van der Waals surface area contributed by atoms with Crippen molar-refractivity contribution in [3.8, 4) is 28.7 Å². The molecule has 10 aromatic rings. The number of amides is 5. The number of hydrogen-bond acceptors (Lipinski definition) is 22. The number of carbonyl (C=O) groups excluding carboxylic acids is 9. The molecule has 16 rings (SSSR count). The lowest BCUT2D eigenvalue weighted by Gasteiger charge is -2.37. The van der Waals surface area contributed by atoms with E-state index in [9.17, 15) is 65.8 Å². The third kappa shape index (κ3) is 15.1. The van der Waals surface area contributed by atoms with Crippen LogP contribution < -0.4 is 43.3 Å². The van der Waals surface area contributed by atoms with Crippen LogP contribution in [0.4, 0.5) is 45.1 Å². The number of benzene rings is 10. The van der Waals surface area contributed by atoms with Gasteiger partial charge in [-0.05, 0) is 209 Å². The molecule has 19 nitrogen and oxygen atoms in total. The summed E-state index contributed by atoms with van der Waals surface area (Å²) >= 11 is 20.5. The number of rotatable bonds is 16. The van der Waals surface area contributed by atoms with Gasteiger partial charge < -0.3 is 28.8 Å². The van der Waals surface area contributed by atoms with Crippen molar-refractivity contribution in [1.29, 1.82) is 0 Å². The quantitative estimate of drug-likeness (QED) is 0.0311. The second-order valence-corrected chi connectivity index (χ2v) is 31.9. The number of halogens is 4. The molecule has 0 bridgehead atoms. The van der Waals surface area contributed by atoms with Crippen molar-refractivity contribution in [2.75, 3.05) is 26.2 Å². The average Bonchev–Trinajstić information content (AvgIpc) is 1.58. The Balaban J connectivity index is 0.755. The van der Waals surface area contributed by atoms with Gasteiger partial charge in [0.2, 0.25) is 5.75 Å².